The average molecular weight is 248 g/mol. The van der Waals surface area contributed by atoms with Crippen molar-refractivity contribution in [2.24, 2.45) is 5.73 Å². The molecule has 1 heterocycles. The second-order valence-electron chi connectivity index (χ2n) is 4.77. The molecule has 0 aliphatic carbocycles. The molecule has 1 aliphatic rings. The summed E-state index contributed by atoms with van der Waals surface area (Å²) in [6.45, 7) is 2.81. The van der Waals surface area contributed by atoms with E-state index in [1.165, 1.54) is 0 Å². The van der Waals surface area contributed by atoms with Crippen molar-refractivity contribution in [1.29, 1.82) is 0 Å². The van der Waals surface area contributed by atoms with Gasteiger partial charge in [0.2, 0.25) is 5.91 Å². The van der Waals surface area contributed by atoms with Crippen LogP contribution in [0.5, 0.6) is 0 Å². The Balaban J connectivity index is 2.16. The second kappa shape index (κ2) is 5.40. The Bertz CT molecular complexity index is 416. The smallest absolute Gasteiger partial charge is 0.240 e. The van der Waals surface area contributed by atoms with Crippen LogP contribution in [-0.2, 0) is 4.79 Å². The Morgan fingerprint density at radius 2 is 2.17 bits per heavy atom. The van der Waals surface area contributed by atoms with Gasteiger partial charge in [0.05, 0.1) is 6.10 Å². The minimum absolute atomic E-state index is 0.188. The van der Waals surface area contributed by atoms with Crippen molar-refractivity contribution < 1.29 is 9.90 Å². The van der Waals surface area contributed by atoms with Gasteiger partial charge in [0.15, 0.2) is 0 Å². The molecular formula is C14H20N2O2. The molecular weight excluding hydrogens is 228 g/mol. The summed E-state index contributed by atoms with van der Waals surface area (Å²) in [7, 11) is 0. The summed E-state index contributed by atoms with van der Waals surface area (Å²) < 4.78 is 0. The zero-order valence-corrected chi connectivity index (χ0v) is 10.7. The maximum absolute atomic E-state index is 11.3. The number of hydrogen-bond donors (Lipinski definition) is 2. The monoisotopic (exact) mass is 248 g/mol. The van der Waals surface area contributed by atoms with Crippen LogP contribution in [0.1, 0.15) is 37.9 Å². The van der Waals surface area contributed by atoms with Crippen LogP contribution in [0.25, 0.3) is 0 Å². The van der Waals surface area contributed by atoms with Gasteiger partial charge in [-0.1, -0.05) is 19.1 Å². The van der Waals surface area contributed by atoms with E-state index in [2.05, 4.69) is 0 Å². The minimum atomic E-state index is -0.412. The van der Waals surface area contributed by atoms with Gasteiger partial charge < -0.3 is 15.7 Å². The Morgan fingerprint density at radius 3 is 2.72 bits per heavy atom. The highest BCUT2D eigenvalue weighted by atomic mass is 16.3. The fraction of sp³-hybridized carbons (Fsp3) is 0.500. The Hall–Kier alpha value is -1.55. The Morgan fingerprint density at radius 1 is 1.50 bits per heavy atom. The molecule has 2 rings (SSSR count). The number of primary amides is 1. The van der Waals surface area contributed by atoms with Crippen LogP contribution in [0.3, 0.4) is 0 Å². The van der Waals surface area contributed by atoms with Crippen LogP contribution >= 0.6 is 0 Å². The van der Waals surface area contributed by atoms with Crippen LogP contribution in [0.15, 0.2) is 24.3 Å². The Labute approximate surface area is 107 Å². The number of nitrogens with two attached hydrogens (primary N) is 1. The van der Waals surface area contributed by atoms with Crippen molar-refractivity contribution in [3.8, 4) is 0 Å². The van der Waals surface area contributed by atoms with Gasteiger partial charge in [-0.3, -0.25) is 4.79 Å². The largest absolute Gasteiger partial charge is 0.388 e. The highest BCUT2D eigenvalue weighted by molar-refractivity contribution is 5.84. The number of aliphatic hydroxyl groups is 1. The zero-order valence-electron chi connectivity index (χ0n) is 10.7. The molecule has 1 unspecified atom stereocenters. The lowest BCUT2D eigenvalue weighted by Gasteiger charge is -2.24. The summed E-state index contributed by atoms with van der Waals surface area (Å²) in [5.74, 6) is -0.259. The third kappa shape index (κ3) is 2.48. The predicted molar refractivity (Wildman–Crippen MR) is 71.3 cm³/mol. The average Bonchev–Trinajstić information content (AvgIpc) is 2.87. The number of carbonyl (C=O) groups is 1. The number of hydrogen-bond acceptors (Lipinski definition) is 3. The maximum Gasteiger partial charge on any atom is 0.240 e. The lowest BCUT2D eigenvalue weighted by Crippen LogP contribution is -2.40. The van der Waals surface area contributed by atoms with Gasteiger partial charge in [0.25, 0.3) is 0 Å². The van der Waals surface area contributed by atoms with E-state index in [4.69, 9.17) is 5.73 Å². The van der Waals surface area contributed by atoms with Crippen molar-refractivity contribution in [1.82, 2.24) is 0 Å². The van der Waals surface area contributed by atoms with Crippen LogP contribution < -0.4 is 10.6 Å². The number of rotatable bonds is 4. The molecule has 0 saturated carbocycles. The summed E-state index contributed by atoms with van der Waals surface area (Å²) >= 11 is 0. The van der Waals surface area contributed by atoms with Crippen molar-refractivity contribution in [2.75, 3.05) is 11.4 Å². The SMILES string of the molecule is CC[C@H](O)c1ccc(N2CCCC2C(N)=O)cc1. The van der Waals surface area contributed by atoms with Gasteiger partial charge >= 0.3 is 0 Å². The molecule has 1 aromatic carbocycles. The molecule has 0 bridgehead atoms. The molecule has 4 nitrogen and oxygen atoms in total. The number of benzene rings is 1. The van der Waals surface area contributed by atoms with Crippen LogP contribution in [0.4, 0.5) is 5.69 Å². The van der Waals surface area contributed by atoms with Crippen LogP contribution in [0, 0.1) is 0 Å². The van der Waals surface area contributed by atoms with Gasteiger partial charge in [-0.2, -0.15) is 0 Å². The molecule has 2 atom stereocenters. The molecule has 18 heavy (non-hydrogen) atoms. The highest BCUT2D eigenvalue weighted by Crippen LogP contribution is 2.27. The second-order valence-corrected chi connectivity index (χ2v) is 4.77. The van der Waals surface area contributed by atoms with Gasteiger partial charge in [0, 0.05) is 12.2 Å². The van der Waals surface area contributed by atoms with Gasteiger partial charge in [-0.25, -0.2) is 0 Å². The van der Waals surface area contributed by atoms with Gasteiger partial charge in [-0.05, 0) is 37.0 Å². The van der Waals surface area contributed by atoms with Gasteiger partial charge in [-0.15, -0.1) is 0 Å². The molecule has 4 heteroatoms. The summed E-state index contributed by atoms with van der Waals surface area (Å²) in [6.07, 6.45) is 2.11. The predicted octanol–water partition coefficient (Wildman–Crippen LogP) is 1.58. The van der Waals surface area contributed by atoms with E-state index in [0.717, 1.165) is 30.6 Å². The van der Waals surface area contributed by atoms with E-state index in [1.54, 1.807) is 0 Å². The molecule has 1 aliphatic heterocycles. The van der Waals surface area contributed by atoms with Crippen molar-refractivity contribution in [3.63, 3.8) is 0 Å². The van der Waals surface area contributed by atoms with E-state index in [0.29, 0.717) is 6.42 Å². The van der Waals surface area contributed by atoms with Crippen LogP contribution in [0.2, 0.25) is 0 Å². The number of carbonyl (C=O) groups excluding carboxylic acids is 1. The molecule has 1 saturated heterocycles. The highest BCUT2D eigenvalue weighted by Gasteiger charge is 2.28. The van der Waals surface area contributed by atoms with Crippen molar-refractivity contribution >= 4 is 11.6 Å². The van der Waals surface area contributed by atoms with Gasteiger partial charge in [0.1, 0.15) is 6.04 Å². The molecule has 1 fully saturated rings. The minimum Gasteiger partial charge on any atom is -0.388 e. The van der Waals surface area contributed by atoms with Crippen LogP contribution in [-0.4, -0.2) is 23.6 Å². The summed E-state index contributed by atoms with van der Waals surface area (Å²) in [4.78, 5) is 13.4. The van der Waals surface area contributed by atoms with Crippen molar-refractivity contribution in [3.05, 3.63) is 29.8 Å². The first kappa shape index (κ1) is 12.9. The van der Waals surface area contributed by atoms with E-state index >= 15 is 0 Å². The lowest BCUT2D eigenvalue weighted by molar-refractivity contribution is -0.119. The topological polar surface area (TPSA) is 66.6 Å². The molecule has 0 radical (unpaired) electrons. The number of amides is 1. The lowest BCUT2D eigenvalue weighted by atomic mass is 10.1. The molecule has 0 aromatic heterocycles. The number of anilines is 1. The molecule has 0 spiro atoms. The van der Waals surface area contributed by atoms with E-state index < -0.39 is 6.10 Å². The summed E-state index contributed by atoms with van der Waals surface area (Å²) in [5.41, 5.74) is 7.32. The standard InChI is InChI=1S/C14H20N2O2/c1-2-13(17)10-5-7-11(8-6-10)16-9-3-4-12(16)14(15)18/h5-8,12-13,17H,2-4,9H2,1H3,(H2,15,18)/t12?,13-/m0/s1. The van der Waals surface area contributed by atoms with E-state index in [1.807, 2.05) is 36.1 Å². The fourth-order valence-corrected chi connectivity index (χ4v) is 2.50. The zero-order chi connectivity index (χ0) is 13.1. The quantitative estimate of drug-likeness (QED) is 0.850. The normalized spacial score (nSPS) is 21.0. The first-order valence-electron chi connectivity index (χ1n) is 6.47. The third-order valence-corrected chi connectivity index (χ3v) is 3.58. The van der Waals surface area contributed by atoms with E-state index in [9.17, 15) is 9.90 Å². The maximum atomic E-state index is 11.3. The molecule has 3 N–H and O–H groups in total. The first-order chi connectivity index (χ1) is 8.63. The van der Waals surface area contributed by atoms with Crippen molar-refractivity contribution in [2.45, 2.75) is 38.3 Å². The molecule has 98 valence electrons. The summed E-state index contributed by atoms with van der Waals surface area (Å²) in [6, 6.07) is 7.55. The fourth-order valence-electron chi connectivity index (χ4n) is 2.50. The Kier molecular flexibility index (Phi) is 3.87. The number of aliphatic hydroxyl groups excluding tert-OH is 1. The third-order valence-electron chi connectivity index (χ3n) is 3.58. The van der Waals surface area contributed by atoms with E-state index in [-0.39, 0.29) is 11.9 Å². The molecule has 1 aromatic rings. The summed E-state index contributed by atoms with van der Waals surface area (Å²) in [5, 5.41) is 9.74. The molecule has 1 amide bonds. The first-order valence-corrected chi connectivity index (χ1v) is 6.47. The number of nitrogens with zero attached hydrogens (tertiary/aromatic N) is 1.